The molecule has 0 aliphatic heterocycles. The Hall–Kier alpha value is -7.46. The number of methoxy groups -OCH3 is 2. The van der Waals surface area contributed by atoms with Gasteiger partial charge >= 0.3 is 0 Å². The summed E-state index contributed by atoms with van der Waals surface area (Å²) in [6.07, 6.45) is 2.14. The van der Waals surface area contributed by atoms with Crippen LogP contribution in [0.5, 0.6) is 28.9 Å². The Morgan fingerprint density at radius 1 is 0.571 bits per heavy atom. The van der Waals surface area contributed by atoms with Crippen LogP contribution in [0.25, 0.3) is 32.4 Å². The second kappa shape index (κ2) is 17.1. The van der Waals surface area contributed by atoms with Crippen molar-refractivity contribution in [2.45, 2.75) is 12.8 Å². The van der Waals surface area contributed by atoms with Gasteiger partial charge in [-0.2, -0.15) is 0 Å². The van der Waals surface area contributed by atoms with E-state index in [-0.39, 0.29) is 17.6 Å². The van der Waals surface area contributed by atoms with E-state index in [9.17, 15) is 14.7 Å². The van der Waals surface area contributed by atoms with Crippen LogP contribution in [0, 0.1) is 0 Å². The molecular weight excluding hydrogens is 705 g/mol. The van der Waals surface area contributed by atoms with Gasteiger partial charge in [0.05, 0.1) is 38.0 Å². The molecular formula is C46H38N4O6. The predicted molar refractivity (Wildman–Crippen MR) is 220 cm³/mol. The molecule has 3 N–H and O–H groups in total. The van der Waals surface area contributed by atoms with Crippen LogP contribution in [0.3, 0.4) is 0 Å². The zero-order valence-electron chi connectivity index (χ0n) is 30.7. The molecule has 0 atom stereocenters. The number of ether oxygens (including phenoxy) is 3. The number of aromatic hydroxyl groups is 1. The monoisotopic (exact) mass is 742 g/mol. The van der Waals surface area contributed by atoms with Gasteiger partial charge in [-0.15, -0.1) is 0 Å². The van der Waals surface area contributed by atoms with Crippen LogP contribution < -0.4 is 24.8 Å². The SMILES string of the molecule is COc1cc2ncnc(Oc3ccc4cc(NC(=O)Cc5ccccc5)ccc4c3)c2cc1OC.O=C(Cc1ccccc1)Nc1ccc2cc(O)ccc2c1. The Morgan fingerprint density at radius 2 is 1.09 bits per heavy atom. The molecule has 8 rings (SSSR count). The van der Waals surface area contributed by atoms with Crippen molar-refractivity contribution in [1.82, 2.24) is 9.97 Å². The normalized spacial score (nSPS) is 10.7. The summed E-state index contributed by atoms with van der Waals surface area (Å²) >= 11 is 0. The lowest BCUT2D eigenvalue weighted by atomic mass is 10.1. The molecule has 0 aliphatic carbocycles. The quantitative estimate of drug-likeness (QED) is 0.126. The highest BCUT2D eigenvalue weighted by atomic mass is 16.5. The topological polar surface area (TPSA) is 132 Å². The maximum absolute atomic E-state index is 12.4. The van der Waals surface area contributed by atoms with Crippen LogP contribution >= 0.6 is 0 Å². The second-order valence-corrected chi connectivity index (χ2v) is 12.9. The van der Waals surface area contributed by atoms with Crippen molar-refractivity contribution in [3.63, 3.8) is 0 Å². The summed E-state index contributed by atoms with van der Waals surface area (Å²) in [6.45, 7) is 0. The van der Waals surface area contributed by atoms with E-state index in [0.717, 1.165) is 44.0 Å². The molecule has 7 aromatic carbocycles. The van der Waals surface area contributed by atoms with Crippen LogP contribution in [-0.2, 0) is 22.4 Å². The maximum Gasteiger partial charge on any atom is 0.230 e. The first-order valence-corrected chi connectivity index (χ1v) is 17.8. The first kappa shape index (κ1) is 36.9. The van der Waals surface area contributed by atoms with Gasteiger partial charge in [-0.1, -0.05) is 84.9 Å². The Bertz CT molecular complexity index is 2650. The number of anilines is 2. The van der Waals surface area contributed by atoms with Crippen molar-refractivity contribution in [2.75, 3.05) is 24.9 Å². The average molecular weight is 743 g/mol. The van der Waals surface area contributed by atoms with Crippen molar-refractivity contribution in [3.8, 4) is 28.9 Å². The van der Waals surface area contributed by atoms with Crippen LogP contribution in [0.1, 0.15) is 11.1 Å². The fraction of sp³-hybridized carbons (Fsp3) is 0.0870. The number of rotatable bonds is 10. The molecule has 10 nitrogen and oxygen atoms in total. The largest absolute Gasteiger partial charge is 0.508 e. The molecule has 8 aromatic rings. The third-order valence-electron chi connectivity index (χ3n) is 8.94. The van der Waals surface area contributed by atoms with E-state index in [0.29, 0.717) is 46.9 Å². The minimum Gasteiger partial charge on any atom is -0.508 e. The standard InChI is InChI=1S/C28H23N3O4.C18H15NO2/c1-33-25-15-23-24(16-26(25)34-2)29-17-30-28(23)35-22-11-9-19-13-21(10-8-20(19)14-22)31-27(32)12-18-6-4-3-5-7-18;20-17-9-7-14-11-16(8-6-15(14)12-17)19-18(21)10-13-4-2-1-3-5-13/h3-11,13-17H,12H2,1-2H3,(H,31,32);1-9,11-12,20H,10H2,(H,19,21). The number of fused-ring (bicyclic) bond motifs is 3. The molecule has 0 fully saturated rings. The lowest BCUT2D eigenvalue weighted by Crippen LogP contribution is -2.14. The van der Waals surface area contributed by atoms with Crippen molar-refractivity contribution < 1.29 is 28.9 Å². The molecule has 0 saturated carbocycles. The Morgan fingerprint density at radius 3 is 1.68 bits per heavy atom. The van der Waals surface area contributed by atoms with E-state index in [1.165, 1.54) is 6.33 Å². The Labute approximate surface area is 323 Å². The number of nitrogens with zero attached hydrogens (tertiary/aromatic N) is 2. The van der Waals surface area contributed by atoms with Crippen molar-refractivity contribution >= 4 is 55.6 Å². The van der Waals surface area contributed by atoms with E-state index in [1.54, 1.807) is 38.5 Å². The van der Waals surface area contributed by atoms with Gasteiger partial charge in [-0.25, -0.2) is 9.97 Å². The lowest BCUT2D eigenvalue weighted by molar-refractivity contribution is -0.116. The molecule has 0 radical (unpaired) electrons. The molecule has 0 unspecified atom stereocenters. The minimum atomic E-state index is -0.0572. The molecule has 278 valence electrons. The number of hydrogen-bond acceptors (Lipinski definition) is 8. The van der Waals surface area contributed by atoms with Gasteiger partial charge in [0.1, 0.15) is 17.8 Å². The number of carbonyl (C=O) groups excluding carboxylic acids is 2. The molecule has 0 saturated heterocycles. The minimum absolute atomic E-state index is 0.0423. The summed E-state index contributed by atoms with van der Waals surface area (Å²) in [7, 11) is 3.16. The molecule has 0 bridgehead atoms. The molecule has 0 aliphatic rings. The molecule has 1 aromatic heterocycles. The summed E-state index contributed by atoms with van der Waals surface area (Å²) in [5.41, 5.74) is 4.15. The number of phenols is 1. The van der Waals surface area contributed by atoms with E-state index in [2.05, 4.69) is 20.6 Å². The van der Waals surface area contributed by atoms with Gasteiger partial charge < -0.3 is 30.0 Å². The van der Waals surface area contributed by atoms with Gasteiger partial charge in [0.15, 0.2) is 11.5 Å². The van der Waals surface area contributed by atoms with E-state index < -0.39 is 0 Å². The molecule has 56 heavy (non-hydrogen) atoms. The second-order valence-electron chi connectivity index (χ2n) is 12.9. The third kappa shape index (κ3) is 9.18. The summed E-state index contributed by atoms with van der Waals surface area (Å²) in [5.74, 6) is 2.34. The number of amides is 2. The smallest absolute Gasteiger partial charge is 0.230 e. The number of phenolic OH excluding ortho intramolecular Hbond substituents is 1. The van der Waals surface area contributed by atoms with Gasteiger partial charge in [-0.3, -0.25) is 9.59 Å². The highest BCUT2D eigenvalue weighted by molar-refractivity contribution is 5.97. The lowest BCUT2D eigenvalue weighted by Gasteiger charge is -2.12. The van der Waals surface area contributed by atoms with E-state index >= 15 is 0 Å². The van der Waals surface area contributed by atoms with Crippen LogP contribution in [0.2, 0.25) is 0 Å². The van der Waals surface area contributed by atoms with Crippen LogP contribution in [-0.4, -0.2) is 41.1 Å². The molecule has 1 heterocycles. The first-order chi connectivity index (χ1) is 27.3. The third-order valence-corrected chi connectivity index (χ3v) is 8.94. The maximum atomic E-state index is 12.4. The first-order valence-electron chi connectivity index (χ1n) is 17.8. The highest BCUT2D eigenvalue weighted by Gasteiger charge is 2.13. The van der Waals surface area contributed by atoms with Crippen LogP contribution in [0.4, 0.5) is 11.4 Å². The zero-order valence-corrected chi connectivity index (χ0v) is 30.7. The molecule has 2 amide bonds. The number of hydrogen-bond donors (Lipinski definition) is 3. The summed E-state index contributed by atoms with van der Waals surface area (Å²) in [4.78, 5) is 33.1. The predicted octanol–water partition coefficient (Wildman–Crippen LogP) is 9.50. The summed E-state index contributed by atoms with van der Waals surface area (Å²) < 4.78 is 16.9. The van der Waals surface area contributed by atoms with E-state index in [4.69, 9.17) is 14.2 Å². The van der Waals surface area contributed by atoms with Crippen LogP contribution in [0.15, 0.2) is 152 Å². The molecule has 0 spiro atoms. The molecule has 10 heteroatoms. The number of carbonyl (C=O) groups is 2. The number of benzene rings is 7. The number of nitrogens with one attached hydrogen (secondary N) is 2. The van der Waals surface area contributed by atoms with Crippen molar-refractivity contribution in [1.29, 1.82) is 0 Å². The van der Waals surface area contributed by atoms with Gasteiger partial charge in [0.25, 0.3) is 0 Å². The van der Waals surface area contributed by atoms with Gasteiger partial charge in [0.2, 0.25) is 17.7 Å². The highest BCUT2D eigenvalue weighted by Crippen LogP contribution is 2.36. The summed E-state index contributed by atoms with van der Waals surface area (Å²) in [5, 5.41) is 19.9. The van der Waals surface area contributed by atoms with Gasteiger partial charge in [0, 0.05) is 17.4 Å². The zero-order chi connectivity index (χ0) is 38.9. The van der Waals surface area contributed by atoms with E-state index in [1.807, 2.05) is 121 Å². The van der Waals surface area contributed by atoms with Crippen molar-refractivity contribution in [2.24, 2.45) is 0 Å². The fourth-order valence-corrected chi connectivity index (χ4v) is 6.20. The van der Waals surface area contributed by atoms with Crippen molar-refractivity contribution in [3.05, 3.63) is 163 Å². The Kier molecular flexibility index (Phi) is 11.3. The van der Waals surface area contributed by atoms with Gasteiger partial charge in [-0.05, 0) is 87.3 Å². The average Bonchev–Trinajstić information content (AvgIpc) is 3.21. The fourth-order valence-electron chi connectivity index (χ4n) is 6.20. The summed E-state index contributed by atoms with van der Waals surface area (Å²) in [6, 6.07) is 45.2. The Balaban J connectivity index is 0.000000195. The number of aromatic nitrogens is 2.